The number of allylic oxidation sites excluding steroid dienone is 3. The number of nitrogens with zero attached hydrogens (tertiary/aromatic N) is 3. The first-order chi connectivity index (χ1) is 18.4. The van der Waals surface area contributed by atoms with Crippen LogP contribution < -0.4 is 10.6 Å². The molecule has 2 aliphatic heterocycles. The summed E-state index contributed by atoms with van der Waals surface area (Å²) >= 11 is 6.43. The summed E-state index contributed by atoms with van der Waals surface area (Å²) in [7, 11) is 1.49. The van der Waals surface area contributed by atoms with Crippen molar-refractivity contribution in [3.8, 4) is 0 Å². The number of ether oxygens (including phenoxy) is 2. The Labute approximate surface area is 230 Å². The molecule has 1 unspecified atom stereocenters. The highest BCUT2D eigenvalue weighted by Gasteiger charge is 2.28. The van der Waals surface area contributed by atoms with Gasteiger partial charge in [0.15, 0.2) is 0 Å². The molecule has 0 bridgehead atoms. The van der Waals surface area contributed by atoms with E-state index in [-0.39, 0.29) is 24.3 Å². The van der Waals surface area contributed by atoms with Gasteiger partial charge in [-0.05, 0) is 56.6 Å². The zero-order chi connectivity index (χ0) is 27.3. The maximum Gasteiger partial charge on any atom is 0.248 e. The van der Waals surface area contributed by atoms with Crippen molar-refractivity contribution in [2.75, 3.05) is 51.9 Å². The van der Waals surface area contributed by atoms with Crippen LogP contribution in [0.15, 0.2) is 35.2 Å². The van der Waals surface area contributed by atoms with Crippen molar-refractivity contribution in [2.45, 2.75) is 46.0 Å². The molecule has 9 nitrogen and oxygen atoms in total. The van der Waals surface area contributed by atoms with Gasteiger partial charge in [-0.2, -0.15) is 0 Å². The number of aliphatic imine (C=N–C) groups is 1. The third-order valence-electron chi connectivity index (χ3n) is 6.79. The van der Waals surface area contributed by atoms with Crippen LogP contribution in [0.3, 0.4) is 0 Å². The van der Waals surface area contributed by atoms with E-state index in [1.807, 2.05) is 13.1 Å². The Morgan fingerprint density at radius 3 is 2.84 bits per heavy atom. The zero-order valence-corrected chi connectivity index (χ0v) is 23.4. The van der Waals surface area contributed by atoms with Crippen LogP contribution in [0.5, 0.6) is 0 Å². The number of rotatable bonds is 11. The zero-order valence-electron chi connectivity index (χ0n) is 22.7. The molecule has 1 aromatic rings. The van der Waals surface area contributed by atoms with Crippen LogP contribution in [0.25, 0.3) is 5.57 Å². The summed E-state index contributed by atoms with van der Waals surface area (Å²) < 4.78 is 10.4. The quantitative estimate of drug-likeness (QED) is 0.402. The van der Waals surface area contributed by atoms with Gasteiger partial charge in [0, 0.05) is 69.8 Å². The number of aromatic nitrogens is 1. The van der Waals surface area contributed by atoms with Crippen molar-refractivity contribution in [1.29, 1.82) is 0 Å². The number of piperidine rings is 1. The molecular formula is C28H40ClN5O4. The molecule has 208 valence electrons. The van der Waals surface area contributed by atoms with Gasteiger partial charge in [0.05, 0.1) is 10.9 Å². The molecule has 0 radical (unpaired) electrons. The van der Waals surface area contributed by atoms with E-state index in [1.165, 1.54) is 13.3 Å². The molecule has 3 heterocycles. The van der Waals surface area contributed by atoms with Gasteiger partial charge < -0.3 is 25.0 Å². The Balaban J connectivity index is 1.61. The summed E-state index contributed by atoms with van der Waals surface area (Å²) in [6, 6.07) is 1.75. The largest absolute Gasteiger partial charge is 0.384 e. The van der Waals surface area contributed by atoms with Crippen LogP contribution in [-0.2, 0) is 19.1 Å². The van der Waals surface area contributed by atoms with E-state index in [1.54, 1.807) is 17.2 Å². The first kappa shape index (κ1) is 29.8. The predicted octanol–water partition coefficient (Wildman–Crippen LogP) is 4.30. The predicted molar refractivity (Wildman–Crippen MR) is 151 cm³/mol. The summed E-state index contributed by atoms with van der Waals surface area (Å²) in [5.74, 6) is 0.459. The second-order valence-electron chi connectivity index (χ2n) is 9.75. The second-order valence-corrected chi connectivity index (χ2v) is 10.2. The lowest BCUT2D eigenvalue weighted by Crippen LogP contribution is -2.45. The number of carbonyl (C=O) groups excluding carboxylic acids is 2. The van der Waals surface area contributed by atoms with Gasteiger partial charge >= 0.3 is 0 Å². The molecule has 0 aromatic carbocycles. The van der Waals surface area contributed by atoms with Crippen molar-refractivity contribution in [3.05, 3.63) is 40.8 Å². The number of nitrogens with one attached hydrogen (secondary N) is 2. The van der Waals surface area contributed by atoms with Crippen molar-refractivity contribution >= 4 is 41.0 Å². The van der Waals surface area contributed by atoms with E-state index in [0.717, 1.165) is 62.3 Å². The topological polar surface area (TPSA) is 105 Å². The summed E-state index contributed by atoms with van der Waals surface area (Å²) in [6.07, 6.45) is 11.8. The maximum atomic E-state index is 12.9. The van der Waals surface area contributed by atoms with Gasteiger partial charge in [0.1, 0.15) is 12.4 Å². The maximum absolute atomic E-state index is 12.9. The number of halogens is 1. The van der Waals surface area contributed by atoms with Gasteiger partial charge in [-0.25, -0.2) is 4.98 Å². The van der Waals surface area contributed by atoms with Gasteiger partial charge in [-0.1, -0.05) is 24.6 Å². The van der Waals surface area contributed by atoms with Crippen LogP contribution in [0.2, 0.25) is 5.02 Å². The Morgan fingerprint density at radius 1 is 1.32 bits per heavy atom. The molecule has 2 N–H and O–H groups in total. The fourth-order valence-electron chi connectivity index (χ4n) is 4.57. The van der Waals surface area contributed by atoms with Gasteiger partial charge in [-0.3, -0.25) is 14.6 Å². The summed E-state index contributed by atoms with van der Waals surface area (Å²) in [5.41, 5.74) is 2.58. The first-order valence-corrected chi connectivity index (χ1v) is 13.7. The van der Waals surface area contributed by atoms with Gasteiger partial charge in [0.25, 0.3) is 0 Å². The minimum atomic E-state index is -0.302. The van der Waals surface area contributed by atoms with E-state index < -0.39 is 0 Å². The van der Waals surface area contributed by atoms with Crippen LogP contribution in [0.1, 0.15) is 51.5 Å². The minimum Gasteiger partial charge on any atom is -0.384 e. The summed E-state index contributed by atoms with van der Waals surface area (Å²) in [5, 5.41) is 6.87. The van der Waals surface area contributed by atoms with Crippen LogP contribution in [-0.4, -0.2) is 74.5 Å². The minimum absolute atomic E-state index is 0.0201. The number of carbonyl (C=O) groups is 2. The molecule has 3 rings (SSSR count). The molecule has 1 atom stereocenters. The number of hydrogen-bond donors (Lipinski definition) is 2. The van der Waals surface area contributed by atoms with Crippen LogP contribution in [0, 0.1) is 11.8 Å². The lowest BCUT2D eigenvalue weighted by atomic mass is 9.97. The van der Waals surface area contributed by atoms with Crippen molar-refractivity contribution in [2.24, 2.45) is 16.8 Å². The van der Waals surface area contributed by atoms with Crippen molar-refractivity contribution in [1.82, 2.24) is 15.2 Å². The van der Waals surface area contributed by atoms with Gasteiger partial charge in [-0.15, -0.1) is 0 Å². The van der Waals surface area contributed by atoms with E-state index in [4.69, 9.17) is 21.1 Å². The molecule has 38 heavy (non-hydrogen) atoms. The molecule has 2 amide bonds. The Bertz CT molecular complexity index is 1040. The molecule has 0 aliphatic carbocycles. The SMILES string of the molecule is CC/C=C(/C=N/C=C(\C)c1cc(NC(=O)C2CCCN(C(=O)COC)C2)ncc1Cl)NCC1CCOCC1. The van der Waals surface area contributed by atoms with Crippen molar-refractivity contribution < 1.29 is 19.1 Å². The van der Waals surface area contributed by atoms with Crippen LogP contribution in [0.4, 0.5) is 5.82 Å². The average Bonchev–Trinajstić information content (AvgIpc) is 2.93. The van der Waals surface area contributed by atoms with E-state index in [0.29, 0.717) is 36.3 Å². The Kier molecular flexibility index (Phi) is 12.2. The third-order valence-corrected chi connectivity index (χ3v) is 7.09. The fourth-order valence-corrected chi connectivity index (χ4v) is 4.82. The Morgan fingerprint density at radius 2 is 2.11 bits per heavy atom. The number of anilines is 1. The smallest absolute Gasteiger partial charge is 0.248 e. The standard InChI is InChI=1S/C28H40ClN5O4/c1-4-6-23(31-15-21-8-11-38-12-9-21)16-30-14-20(2)24-13-26(32-17-25(24)29)33-28(36)22-7-5-10-34(18-22)27(35)19-37-3/h6,13-14,16-17,21-22,31H,4-5,7-12,15,18-19H2,1-3H3,(H,32,33,36)/b20-14+,23-6-,30-16+. The lowest BCUT2D eigenvalue weighted by Gasteiger charge is -2.31. The average molecular weight is 546 g/mol. The molecule has 2 aliphatic rings. The highest BCUT2D eigenvalue weighted by atomic mass is 35.5. The van der Waals surface area contributed by atoms with Crippen LogP contribution >= 0.6 is 11.6 Å². The second kappa shape index (κ2) is 15.6. The number of likely N-dealkylation sites (tertiary alicyclic amines) is 1. The van der Waals surface area contributed by atoms with E-state index in [2.05, 4.69) is 33.6 Å². The molecule has 1 aromatic heterocycles. The number of amides is 2. The molecule has 10 heteroatoms. The lowest BCUT2D eigenvalue weighted by molar-refractivity contribution is -0.138. The molecule has 2 saturated heterocycles. The normalized spacial score (nSPS) is 19.6. The third kappa shape index (κ3) is 9.22. The number of methoxy groups -OCH3 is 1. The molecule has 2 fully saturated rings. The van der Waals surface area contributed by atoms with Gasteiger partial charge in [0.2, 0.25) is 11.8 Å². The monoisotopic (exact) mass is 545 g/mol. The highest BCUT2D eigenvalue weighted by molar-refractivity contribution is 6.32. The fraction of sp³-hybridized carbons (Fsp3) is 0.571. The van der Waals surface area contributed by atoms with Crippen molar-refractivity contribution in [3.63, 3.8) is 0 Å². The molecule has 0 spiro atoms. The number of hydrogen-bond acceptors (Lipinski definition) is 7. The van der Waals surface area contributed by atoms with E-state index >= 15 is 0 Å². The highest BCUT2D eigenvalue weighted by Crippen LogP contribution is 2.26. The Hall–Kier alpha value is -2.75. The molecule has 0 saturated carbocycles. The summed E-state index contributed by atoms with van der Waals surface area (Å²) in [4.78, 5) is 35.6. The first-order valence-electron chi connectivity index (χ1n) is 13.4. The molecular weight excluding hydrogens is 506 g/mol. The van der Waals surface area contributed by atoms with E-state index in [9.17, 15) is 9.59 Å². The summed E-state index contributed by atoms with van der Waals surface area (Å²) in [6.45, 7) is 7.62. The number of pyridine rings is 1.